The Hall–Kier alpha value is -0.120. The molecule has 2 aliphatic rings. The van der Waals surface area contributed by atoms with Gasteiger partial charge in [-0.3, -0.25) is 0 Å². The van der Waals surface area contributed by atoms with E-state index in [-0.39, 0.29) is 0 Å². The zero-order chi connectivity index (χ0) is 10.7. The summed E-state index contributed by atoms with van der Waals surface area (Å²) in [6, 6.07) is 0.454. The van der Waals surface area contributed by atoms with Gasteiger partial charge in [-0.05, 0) is 50.6 Å². The molecule has 2 rings (SSSR count). The normalized spacial score (nSPS) is 26.8. The van der Waals surface area contributed by atoms with E-state index in [9.17, 15) is 0 Å². The summed E-state index contributed by atoms with van der Waals surface area (Å²) in [4.78, 5) is 2.60. The molecule has 0 spiro atoms. The number of likely N-dealkylation sites (tertiary alicyclic amines) is 1. The number of rotatable bonds is 5. The van der Waals surface area contributed by atoms with Gasteiger partial charge in [-0.15, -0.1) is 0 Å². The summed E-state index contributed by atoms with van der Waals surface area (Å²) in [5, 5.41) is 0. The van der Waals surface area contributed by atoms with Crippen LogP contribution in [0.15, 0.2) is 0 Å². The Labute approximate surface area is 93.0 Å². The first-order valence-electron chi connectivity index (χ1n) is 6.21. The van der Waals surface area contributed by atoms with E-state index >= 15 is 0 Å². The second-order valence-corrected chi connectivity index (χ2v) is 5.36. The lowest BCUT2D eigenvalue weighted by Crippen LogP contribution is -2.42. The fourth-order valence-corrected chi connectivity index (χ4v) is 2.57. The molecule has 0 aromatic heterocycles. The monoisotopic (exact) mass is 212 g/mol. The lowest BCUT2D eigenvalue weighted by atomic mass is 9.99. The minimum atomic E-state index is 0.454. The van der Waals surface area contributed by atoms with Crippen LogP contribution in [0.25, 0.3) is 0 Å². The van der Waals surface area contributed by atoms with Gasteiger partial charge in [-0.25, -0.2) is 0 Å². The molecule has 0 aromatic rings. The zero-order valence-electron chi connectivity index (χ0n) is 9.87. The minimum Gasteiger partial charge on any atom is -0.385 e. The predicted molar refractivity (Wildman–Crippen MR) is 61.8 cm³/mol. The van der Waals surface area contributed by atoms with E-state index in [1.165, 1.54) is 51.7 Å². The number of hydrogen-bond donors (Lipinski definition) is 1. The van der Waals surface area contributed by atoms with Crippen LogP contribution >= 0.6 is 0 Å². The number of piperidine rings is 1. The molecule has 1 heterocycles. The first-order valence-corrected chi connectivity index (χ1v) is 6.21. The highest BCUT2D eigenvalue weighted by atomic mass is 16.5. The summed E-state index contributed by atoms with van der Waals surface area (Å²) in [7, 11) is 1.80. The fraction of sp³-hybridized carbons (Fsp3) is 1.00. The Morgan fingerprint density at radius 2 is 2.00 bits per heavy atom. The van der Waals surface area contributed by atoms with Crippen LogP contribution in [0, 0.1) is 5.41 Å². The molecule has 0 radical (unpaired) electrons. The van der Waals surface area contributed by atoms with Crippen molar-refractivity contribution in [3.63, 3.8) is 0 Å². The van der Waals surface area contributed by atoms with E-state index in [1.54, 1.807) is 7.11 Å². The van der Waals surface area contributed by atoms with Gasteiger partial charge in [0.1, 0.15) is 0 Å². The number of hydrogen-bond acceptors (Lipinski definition) is 3. The van der Waals surface area contributed by atoms with Crippen molar-refractivity contribution in [3.05, 3.63) is 0 Å². The second-order valence-electron chi connectivity index (χ2n) is 5.36. The van der Waals surface area contributed by atoms with E-state index in [4.69, 9.17) is 10.5 Å². The van der Waals surface area contributed by atoms with Gasteiger partial charge >= 0.3 is 0 Å². The van der Waals surface area contributed by atoms with Gasteiger partial charge in [0.15, 0.2) is 0 Å². The maximum Gasteiger partial charge on any atom is 0.0468 e. The molecular weight excluding hydrogens is 188 g/mol. The molecule has 0 atom stereocenters. The van der Waals surface area contributed by atoms with Crippen molar-refractivity contribution < 1.29 is 4.74 Å². The van der Waals surface area contributed by atoms with Gasteiger partial charge < -0.3 is 15.4 Å². The molecule has 1 aliphatic heterocycles. The van der Waals surface area contributed by atoms with Crippen LogP contribution in [0.3, 0.4) is 0 Å². The maximum atomic E-state index is 5.91. The summed E-state index contributed by atoms with van der Waals surface area (Å²) in [6.07, 6.45) is 6.41. The molecule has 3 nitrogen and oxygen atoms in total. The van der Waals surface area contributed by atoms with Gasteiger partial charge in [-0.2, -0.15) is 0 Å². The summed E-state index contributed by atoms with van der Waals surface area (Å²) >= 11 is 0. The number of nitrogens with two attached hydrogens (primary N) is 1. The third-order valence-electron chi connectivity index (χ3n) is 3.98. The van der Waals surface area contributed by atoms with Crippen molar-refractivity contribution in [3.8, 4) is 0 Å². The van der Waals surface area contributed by atoms with Crippen LogP contribution in [0.1, 0.15) is 32.1 Å². The SMILES string of the molecule is COCCC1(CN2CCC(N)CC2)CC1. The molecule has 15 heavy (non-hydrogen) atoms. The van der Waals surface area contributed by atoms with Crippen molar-refractivity contribution in [1.82, 2.24) is 4.90 Å². The van der Waals surface area contributed by atoms with Crippen LogP contribution in [0.2, 0.25) is 0 Å². The molecule has 2 N–H and O–H groups in total. The third-order valence-corrected chi connectivity index (χ3v) is 3.98. The van der Waals surface area contributed by atoms with Crippen molar-refractivity contribution in [1.29, 1.82) is 0 Å². The van der Waals surface area contributed by atoms with Crippen molar-refractivity contribution in [2.75, 3.05) is 33.4 Å². The minimum absolute atomic E-state index is 0.454. The van der Waals surface area contributed by atoms with Crippen LogP contribution in [0.4, 0.5) is 0 Å². The molecule has 0 bridgehead atoms. The molecule has 3 heteroatoms. The number of nitrogens with zero attached hydrogens (tertiary/aromatic N) is 1. The molecular formula is C12H24N2O. The lowest BCUT2D eigenvalue weighted by molar-refractivity contribution is 0.133. The standard InChI is InChI=1S/C12H24N2O/c1-15-9-6-12(4-5-12)10-14-7-2-11(13)3-8-14/h11H,2-10,13H2,1H3. The Kier molecular flexibility index (Phi) is 3.65. The van der Waals surface area contributed by atoms with Crippen LogP contribution in [-0.4, -0.2) is 44.3 Å². The first kappa shape index (κ1) is 11.4. The van der Waals surface area contributed by atoms with E-state index in [1.807, 2.05) is 0 Å². The van der Waals surface area contributed by atoms with Crippen molar-refractivity contribution in [2.45, 2.75) is 38.1 Å². The van der Waals surface area contributed by atoms with Gasteiger partial charge in [-0.1, -0.05) is 0 Å². The summed E-state index contributed by atoms with van der Waals surface area (Å²) in [6.45, 7) is 4.61. The Balaban J connectivity index is 1.72. The van der Waals surface area contributed by atoms with Gasteiger partial charge in [0.2, 0.25) is 0 Å². The smallest absolute Gasteiger partial charge is 0.0468 e. The van der Waals surface area contributed by atoms with Crippen molar-refractivity contribution >= 4 is 0 Å². The van der Waals surface area contributed by atoms with Crippen LogP contribution in [0.5, 0.6) is 0 Å². The van der Waals surface area contributed by atoms with Crippen LogP contribution in [-0.2, 0) is 4.74 Å². The quantitative estimate of drug-likeness (QED) is 0.745. The highest BCUT2D eigenvalue weighted by molar-refractivity contribution is 4.96. The highest BCUT2D eigenvalue weighted by Crippen LogP contribution is 2.49. The number of ether oxygens (including phenoxy) is 1. The fourth-order valence-electron chi connectivity index (χ4n) is 2.57. The summed E-state index contributed by atoms with van der Waals surface area (Å²) in [5.74, 6) is 0. The van der Waals surface area contributed by atoms with E-state index in [0.29, 0.717) is 11.5 Å². The Morgan fingerprint density at radius 1 is 1.33 bits per heavy atom. The zero-order valence-corrected chi connectivity index (χ0v) is 9.87. The summed E-state index contributed by atoms with van der Waals surface area (Å²) in [5.41, 5.74) is 6.52. The second kappa shape index (κ2) is 4.81. The largest absolute Gasteiger partial charge is 0.385 e. The lowest BCUT2D eigenvalue weighted by Gasteiger charge is -2.33. The Bertz CT molecular complexity index is 196. The highest BCUT2D eigenvalue weighted by Gasteiger charge is 2.43. The molecule has 1 aliphatic carbocycles. The van der Waals surface area contributed by atoms with Gasteiger partial charge in [0.25, 0.3) is 0 Å². The van der Waals surface area contributed by atoms with Crippen LogP contribution < -0.4 is 5.73 Å². The third kappa shape index (κ3) is 3.16. The maximum absolute atomic E-state index is 5.91. The van der Waals surface area contributed by atoms with Crippen molar-refractivity contribution in [2.24, 2.45) is 11.1 Å². The van der Waals surface area contributed by atoms with Gasteiger partial charge in [0.05, 0.1) is 0 Å². The molecule has 2 fully saturated rings. The van der Waals surface area contributed by atoms with E-state index < -0.39 is 0 Å². The predicted octanol–water partition coefficient (Wildman–Crippen LogP) is 1.23. The molecule has 1 saturated heterocycles. The summed E-state index contributed by atoms with van der Waals surface area (Å²) < 4.78 is 5.19. The van der Waals surface area contributed by atoms with Gasteiger partial charge in [0, 0.05) is 26.3 Å². The molecule has 0 amide bonds. The average molecular weight is 212 g/mol. The molecule has 0 unspecified atom stereocenters. The first-order chi connectivity index (χ1) is 7.24. The molecule has 0 aromatic carbocycles. The topological polar surface area (TPSA) is 38.5 Å². The molecule has 88 valence electrons. The number of methoxy groups -OCH3 is 1. The Morgan fingerprint density at radius 3 is 2.53 bits per heavy atom. The molecule has 1 saturated carbocycles. The van der Waals surface area contributed by atoms with E-state index in [2.05, 4.69) is 4.90 Å². The average Bonchev–Trinajstić information content (AvgIpc) is 3.00. The van der Waals surface area contributed by atoms with E-state index in [0.717, 1.165) is 6.61 Å².